The monoisotopic (exact) mass is 313 g/mol. The van der Waals surface area contributed by atoms with Crippen LogP contribution in [-0.2, 0) is 9.59 Å². The predicted octanol–water partition coefficient (Wildman–Crippen LogP) is -0.555. The molecule has 0 saturated heterocycles. The van der Waals surface area contributed by atoms with Crippen molar-refractivity contribution in [2.75, 3.05) is 0 Å². The molecule has 9 heteroatoms. The van der Waals surface area contributed by atoms with E-state index in [2.05, 4.69) is 15.6 Å². The van der Waals surface area contributed by atoms with Crippen molar-refractivity contribution < 1.29 is 19.8 Å². The van der Waals surface area contributed by atoms with Gasteiger partial charge in [0.2, 0.25) is 5.91 Å². The highest BCUT2D eigenvalue weighted by atomic mass is 16.4. The third-order valence-corrected chi connectivity index (χ3v) is 3.32. The van der Waals surface area contributed by atoms with Gasteiger partial charge in [-0.2, -0.15) is 0 Å². The average Bonchev–Trinajstić information content (AvgIpc) is 2.85. The van der Waals surface area contributed by atoms with Gasteiger partial charge in [-0.1, -0.05) is 19.1 Å². The number of carbonyl (C=O) groups is 2. The molecule has 4 atom stereocenters. The standard InChI is InChI=1S/C13H23N5O4/c1-6(2)11(13(21)22)18-5-9(16-17-18)7(3)15-12(20)10(14)8(4)19/h5-8,10-11,19H,14H2,1-4H3,(H,15,20)(H,21,22)/t7-,8+,10-,11-/m0/s1. The number of aliphatic hydroxyl groups is 1. The third kappa shape index (κ3) is 4.25. The van der Waals surface area contributed by atoms with Crippen LogP contribution < -0.4 is 11.1 Å². The zero-order valence-corrected chi connectivity index (χ0v) is 13.1. The van der Waals surface area contributed by atoms with Crippen molar-refractivity contribution in [2.24, 2.45) is 11.7 Å². The largest absolute Gasteiger partial charge is 0.480 e. The number of aromatic nitrogens is 3. The van der Waals surface area contributed by atoms with Crippen molar-refractivity contribution in [1.82, 2.24) is 20.3 Å². The Morgan fingerprint density at radius 2 is 1.91 bits per heavy atom. The number of nitrogens with zero attached hydrogens (tertiary/aromatic N) is 3. The van der Waals surface area contributed by atoms with Gasteiger partial charge < -0.3 is 21.3 Å². The summed E-state index contributed by atoms with van der Waals surface area (Å²) < 4.78 is 1.26. The summed E-state index contributed by atoms with van der Waals surface area (Å²) in [5, 5.41) is 28.8. The van der Waals surface area contributed by atoms with Crippen LogP contribution in [0.1, 0.15) is 45.5 Å². The molecule has 124 valence electrons. The molecule has 9 nitrogen and oxygen atoms in total. The fraction of sp³-hybridized carbons (Fsp3) is 0.692. The van der Waals surface area contributed by atoms with E-state index in [-0.39, 0.29) is 5.92 Å². The highest BCUT2D eigenvalue weighted by Crippen LogP contribution is 2.18. The van der Waals surface area contributed by atoms with Gasteiger partial charge in [0.15, 0.2) is 6.04 Å². The number of hydrogen-bond acceptors (Lipinski definition) is 6. The maximum atomic E-state index is 11.8. The Hall–Kier alpha value is -2.00. The molecule has 1 aromatic rings. The number of aliphatic hydroxyl groups excluding tert-OH is 1. The first kappa shape index (κ1) is 18.1. The Morgan fingerprint density at radius 1 is 1.32 bits per heavy atom. The summed E-state index contributed by atoms with van der Waals surface area (Å²) in [6.45, 7) is 6.64. The first-order chi connectivity index (χ1) is 10.1. The van der Waals surface area contributed by atoms with Gasteiger partial charge in [-0.05, 0) is 19.8 Å². The lowest BCUT2D eigenvalue weighted by Gasteiger charge is -2.18. The first-order valence-electron chi connectivity index (χ1n) is 7.03. The first-order valence-corrected chi connectivity index (χ1v) is 7.03. The van der Waals surface area contributed by atoms with Crippen molar-refractivity contribution in [3.63, 3.8) is 0 Å². The van der Waals surface area contributed by atoms with Crippen molar-refractivity contribution in [2.45, 2.75) is 51.9 Å². The zero-order chi connectivity index (χ0) is 17.0. The van der Waals surface area contributed by atoms with Gasteiger partial charge in [-0.25, -0.2) is 9.48 Å². The highest BCUT2D eigenvalue weighted by Gasteiger charge is 2.26. The minimum Gasteiger partial charge on any atom is -0.480 e. The molecule has 0 saturated carbocycles. The van der Waals surface area contributed by atoms with E-state index in [9.17, 15) is 19.8 Å². The second kappa shape index (κ2) is 7.32. The number of carbonyl (C=O) groups excluding carboxylic acids is 1. The lowest BCUT2D eigenvalue weighted by Crippen LogP contribution is -2.47. The number of carboxylic acids is 1. The third-order valence-electron chi connectivity index (χ3n) is 3.32. The molecule has 1 aromatic heterocycles. The van der Waals surface area contributed by atoms with Crippen LogP contribution in [0.4, 0.5) is 0 Å². The second-order valence-electron chi connectivity index (χ2n) is 5.65. The van der Waals surface area contributed by atoms with Gasteiger partial charge in [0.1, 0.15) is 11.7 Å². The smallest absolute Gasteiger partial charge is 0.328 e. The summed E-state index contributed by atoms with van der Waals surface area (Å²) in [5.41, 5.74) is 5.95. The van der Waals surface area contributed by atoms with Crippen LogP contribution in [-0.4, -0.2) is 49.2 Å². The molecule has 0 aliphatic rings. The normalized spacial score (nSPS) is 16.9. The van der Waals surface area contributed by atoms with Crippen molar-refractivity contribution in [3.8, 4) is 0 Å². The SMILES string of the molecule is CC(C)[C@@H](C(=O)O)n1cc([C@H](C)NC(=O)[C@@H](N)[C@@H](C)O)nn1. The van der Waals surface area contributed by atoms with Gasteiger partial charge in [0.05, 0.1) is 18.3 Å². The topological polar surface area (TPSA) is 143 Å². The van der Waals surface area contributed by atoms with Crippen LogP contribution in [0, 0.1) is 5.92 Å². The highest BCUT2D eigenvalue weighted by molar-refractivity contribution is 5.82. The Kier molecular flexibility index (Phi) is 6.01. The summed E-state index contributed by atoms with van der Waals surface area (Å²) >= 11 is 0. The van der Waals surface area contributed by atoms with E-state index in [1.165, 1.54) is 17.8 Å². The molecule has 0 fully saturated rings. The van der Waals surface area contributed by atoms with Crippen LogP contribution in [0.3, 0.4) is 0 Å². The molecule has 0 aromatic carbocycles. The van der Waals surface area contributed by atoms with E-state index in [1.54, 1.807) is 20.8 Å². The maximum Gasteiger partial charge on any atom is 0.328 e. The van der Waals surface area contributed by atoms with E-state index < -0.39 is 36.1 Å². The molecule has 0 bridgehead atoms. The number of carboxylic acid groups (broad SMARTS) is 1. The molecular formula is C13H23N5O4. The number of rotatable bonds is 7. The summed E-state index contributed by atoms with van der Waals surface area (Å²) in [6.07, 6.45) is 0.512. The Morgan fingerprint density at radius 3 is 2.36 bits per heavy atom. The number of nitrogens with one attached hydrogen (secondary N) is 1. The molecule has 0 spiro atoms. The van der Waals surface area contributed by atoms with E-state index in [1.807, 2.05) is 0 Å². The Bertz CT molecular complexity index is 528. The second-order valence-corrected chi connectivity index (χ2v) is 5.65. The van der Waals surface area contributed by atoms with Crippen LogP contribution in [0.2, 0.25) is 0 Å². The quantitative estimate of drug-likeness (QED) is 0.528. The zero-order valence-electron chi connectivity index (χ0n) is 13.1. The molecule has 5 N–H and O–H groups in total. The van der Waals surface area contributed by atoms with E-state index in [0.29, 0.717) is 5.69 Å². The molecule has 0 aliphatic carbocycles. The van der Waals surface area contributed by atoms with Gasteiger partial charge in [0, 0.05) is 0 Å². The fourth-order valence-electron chi connectivity index (χ4n) is 1.93. The molecule has 1 amide bonds. The minimum atomic E-state index is -1.04. The lowest BCUT2D eigenvalue weighted by atomic mass is 10.1. The summed E-state index contributed by atoms with van der Waals surface area (Å²) in [5.74, 6) is -1.68. The summed E-state index contributed by atoms with van der Waals surface area (Å²) in [6, 6.07) is -2.38. The molecule has 0 radical (unpaired) electrons. The molecule has 1 rings (SSSR count). The number of amides is 1. The predicted molar refractivity (Wildman–Crippen MR) is 77.7 cm³/mol. The molecule has 22 heavy (non-hydrogen) atoms. The molecular weight excluding hydrogens is 290 g/mol. The molecule has 1 heterocycles. The van der Waals surface area contributed by atoms with Crippen LogP contribution in [0.5, 0.6) is 0 Å². The van der Waals surface area contributed by atoms with Crippen molar-refractivity contribution in [3.05, 3.63) is 11.9 Å². The number of nitrogens with two attached hydrogens (primary N) is 1. The van der Waals surface area contributed by atoms with Crippen LogP contribution >= 0.6 is 0 Å². The van der Waals surface area contributed by atoms with Gasteiger partial charge in [-0.15, -0.1) is 5.10 Å². The number of hydrogen-bond donors (Lipinski definition) is 4. The average molecular weight is 313 g/mol. The van der Waals surface area contributed by atoms with Gasteiger partial charge in [-0.3, -0.25) is 4.79 Å². The van der Waals surface area contributed by atoms with Crippen LogP contribution in [0.25, 0.3) is 0 Å². The lowest BCUT2D eigenvalue weighted by molar-refractivity contribution is -0.142. The molecule has 0 aliphatic heterocycles. The van der Waals surface area contributed by atoms with E-state index in [0.717, 1.165) is 0 Å². The maximum absolute atomic E-state index is 11.8. The van der Waals surface area contributed by atoms with E-state index >= 15 is 0 Å². The summed E-state index contributed by atoms with van der Waals surface area (Å²) in [7, 11) is 0. The van der Waals surface area contributed by atoms with Crippen molar-refractivity contribution in [1.29, 1.82) is 0 Å². The Labute approximate surface area is 128 Å². The van der Waals surface area contributed by atoms with E-state index in [4.69, 9.17) is 5.73 Å². The fourth-order valence-corrected chi connectivity index (χ4v) is 1.93. The molecule has 0 unspecified atom stereocenters. The number of aliphatic carboxylic acids is 1. The van der Waals surface area contributed by atoms with Gasteiger partial charge >= 0.3 is 5.97 Å². The summed E-state index contributed by atoms with van der Waals surface area (Å²) in [4.78, 5) is 23.0. The minimum absolute atomic E-state index is 0.166. The van der Waals surface area contributed by atoms with Gasteiger partial charge in [0.25, 0.3) is 0 Å². The van der Waals surface area contributed by atoms with Crippen molar-refractivity contribution >= 4 is 11.9 Å². The van der Waals surface area contributed by atoms with Crippen LogP contribution in [0.15, 0.2) is 6.20 Å². The Balaban J connectivity index is 2.83.